The van der Waals surface area contributed by atoms with Gasteiger partial charge in [-0.15, -0.1) is 0 Å². The molecule has 220 valence electrons. The van der Waals surface area contributed by atoms with Crippen molar-refractivity contribution in [2.24, 2.45) is 17.8 Å². The first-order chi connectivity index (χ1) is 17.5. The Hall–Kier alpha value is -1.79. The van der Waals surface area contributed by atoms with Crippen LogP contribution in [-0.4, -0.2) is 114 Å². The Kier molecular flexibility index (Phi) is 11.5. The molecule has 0 aromatic rings. The maximum absolute atomic E-state index is 13.0. The molecule has 0 saturated carbocycles. The minimum absolute atomic E-state index is 0.106. The van der Waals surface area contributed by atoms with Crippen LogP contribution in [0.1, 0.15) is 60.8 Å². The minimum atomic E-state index is -1.49. The predicted molar refractivity (Wildman–Crippen MR) is 141 cm³/mol. The Bertz CT molecular complexity index is 822. The van der Waals surface area contributed by atoms with Gasteiger partial charge >= 0.3 is 5.97 Å². The van der Waals surface area contributed by atoms with E-state index >= 15 is 0 Å². The zero-order chi connectivity index (χ0) is 28.9. The molecule has 2 aliphatic heterocycles. The number of rotatable bonds is 4. The Balaban J connectivity index is 2.51. The van der Waals surface area contributed by atoms with E-state index in [0.29, 0.717) is 13.0 Å². The molecule has 0 aliphatic carbocycles. The monoisotopic (exact) mass is 543 g/mol. The topological polar surface area (TPSA) is 138 Å². The molecule has 11 heteroatoms. The normalized spacial score (nSPS) is 40.4. The summed E-state index contributed by atoms with van der Waals surface area (Å²) in [6.45, 7) is 10.7. The second-order valence-corrected chi connectivity index (χ2v) is 11.8. The van der Waals surface area contributed by atoms with Crippen LogP contribution < -0.4 is 5.32 Å². The molecule has 2 heterocycles. The molecule has 0 bridgehead atoms. The third kappa shape index (κ3) is 8.35. The number of hydrogen-bond donors (Lipinski definition) is 3. The number of amides is 2. The molecular weight excluding hydrogens is 494 g/mol. The van der Waals surface area contributed by atoms with Gasteiger partial charge in [-0.2, -0.15) is 0 Å². The second kappa shape index (κ2) is 13.5. The smallest absolute Gasteiger partial charge is 0.302 e. The molecule has 10 atom stereocenters. The van der Waals surface area contributed by atoms with Gasteiger partial charge in [-0.05, 0) is 46.7 Å². The summed E-state index contributed by atoms with van der Waals surface area (Å²) in [6.07, 6.45) is -3.18. The fraction of sp³-hybridized carbons (Fsp3) is 0.889. The van der Waals surface area contributed by atoms with E-state index in [0.717, 1.165) is 0 Å². The number of nitrogens with zero attached hydrogens (tertiary/aromatic N) is 2. The molecule has 2 amide bonds. The third-order valence-corrected chi connectivity index (χ3v) is 7.79. The molecule has 0 aromatic heterocycles. The lowest BCUT2D eigenvalue weighted by Gasteiger charge is -2.47. The van der Waals surface area contributed by atoms with E-state index in [2.05, 4.69) is 5.32 Å². The van der Waals surface area contributed by atoms with Crippen LogP contribution in [0.5, 0.6) is 0 Å². The number of aliphatic hydroxyl groups excluding tert-OH is 1. The molecule has 2 aliphatic rings. The van der Waals surface area contributed by atoms with Crippen molar-refractivity contribution in [3.63, 3.8) is 0 Å². The Morgan fingerprint density at radius 3 is 2.42 bits per heavy atom. The van der Waals surface area contributed by atoms with Crippen LogP contribution in [-0.2, 0) is 28.6 Å². The highest BCUT2D eigenvalue weighted by molar-refractivity contribution is 5.81. The van der Waals surface area contributed by atoms with Crippen molar-refractivity contribution < 1.29 is 38.8 Å². The average molecular weight is 544 g/mol. The van der Waals surface area contributed by atoms with E-state index in [1.165, 1.54) is 6.92 Å². The van der Waals surface area contributed by atoms with E-state index < -0.39 is 48.0 Å². The number of ether oxygens (including phenoxy) is 3. The number of carbonyl (C=O) groups excluding carboxylic acids is 3. The Labute approximate surface area is 227 Å². The van der Waals surface area contributed by atoms with Crippen LogP contribution in [0.3, 0.4) is 0 Å². The summed E-state index contributed by atoms with van der Waals surface area (Å²) in [5.41, 5.74) is -1.49. The van der Waals surface area contributed by atoms with Crippen molar-refractivity contribution in [1.82, 2.24) is 15.1 Å². The summed E-state index contributed by atoms with van der Waals surface area (Å²) in [7, 11) is 5.45. The van der Waals surface area contributed by atoms with Gasteiger partial charge < -0.3 is 39.5 Å². The molecule has 38 heavy (non-hydrogen) atoms. The molecule has 2 fully saturated rings. The summed E-state index contributed by atoms with van der Waals surface area (Å²) in [5, 5.41) is 25.8. The highest BCUT2D eigenvalue weighted by Crippen LogP contribution is 2.36. The van der Waals surface area contributed by atoms with E-state index in [1.807, 2.05) is 32.8 Å². The largest absolute Gasteiger partial charge is 0.461 e. The van der Waals surface area contributed by atoms with E-state index in [1.54, 1.807) is 32.7 Å². The van der Waals surface area contributed by atoms with Crippen LogP contribution in [0.25, 0.3) is 0 Å². The number of hydrogen-bond acceptors (Lipinski definition) is 9. The number of likely N-dealkylation sites (N-methyl/N-ethyl adjacent to an activating group) is 1. The number of nitrogens with one attached hydrogen (secondary N) is 1. The first-order valence-electron chi connectivity index (χ1n) is 13.6. The van der Waals surface area contributed by atoms with Gasteiger partial charge in [0, 0.05) is 45.4 Å². The molecule has 2 rings (SSSR count). The predicted octanol–water partition coefficient (Wildman–Crippen LogP) is 0.757. The van der Waals surface area contributed by atoms with E-state index in [9.17, 15) is 24.6 Å². The van der Waals surface area contributed by atoms with Crippen LogP contribution in [0, 0.1) is 17.8 Å². The van der Waals surface area contributed by atoms with Gasteiger partial charge in [0.1, 0.15) is 12.2 Å². The zero-order valence-corrected chi connectivity index (χ0v) is 24.5. The van der Waals surface area contributed by atoms with Crippen molar-refractivity contribution in [2.75, 3.05) is 34.2 Å². The lowest BCUT2D eigenvalue weighted by molar-refractivity contribution is -0.299. The molecule has 0 spiro atoms. The van der Waals surface area contributed by atoms with Gasteiger partial charge in [0.2, 0.25) is 11.8 Å². The van der Waals surface area contributed by atoms with E-state index in [-0.39, 0.29) is 49.3 Å². The van der Waals surface area contributed by atoms with Crippen molar-refractivity contribution in [3.8, 4) is 0 Å². The number of carbonyl (C=O) groups is 3. The minimum Gasteiger partial charge on any atom is -0.461 e. The van der Waals surface area contributed by atoms with E-state index in [4.69, 9.17) is 14.2 Å². The molecule has 0 unspecified atom stereocenters. The van der Waals surface area contributed by atoms with Gasteiger partial charge in [-0.3, -0.25) is 14.4 Å². The Morgan fingerprint density at radius 1 is 1.21 bits per heavy atom. The maximum Gasteiger partial charge on any atom is 0.302 e. The van der Waals surface area contributed by atoms with Gasteiger partial charge in [0.15, 0.2) is 6.29 Å². The van der Waals surface area contributed by atoms with Gasteiger partial charge in [0.05, 0.1) is 23.7 Å². The first-order valence-corrected chi connectivity index (χ1v) is 13.6. The van der Waals surface area contributed by atoms with Crippen LogP contribution >= 0.6 is 0 Å². The number of esters is 1. The fourth-order valence-electron chi connectivity index (χ4n) is 5.91. The molecular formula is C27H49N3O8. The van der Waals surface area contributed by atoms with Crippen LogP contribution in [0.4, 0.5) is 0 Å². The van der Waals surface area contributed by atoms with Crippen LogP contribution in [0.15, 0.2) is 0 Å². The van der Waals surface area contributed by atoms with Crippen molar-refractivity contribution in [2.45, 2.75) is 103 Å². The first kappa shape index (κ1) is 32.4. The summed E-state index contributed by atoms with van der Waals surface area (Å²) in [6, 6.07) is -0.227. The molecule has 0 aromatic carbocycles. The van der Waals surface area contributed by atoms with Gasteiger partial charge in [0.25, 0.3) is 0 Å². The quantitative estimate of drug-likeness (QED) is 0.439. The number of aliphatic hydroxyl groups is 2. The lowest BCUT2D eigenvalue weighted by Crippen LogP contribution is -2.59. The summed E-state index contributed by atoms with van der Waals surface area (Å²) in [5.74, 6) is -2.63. The van der Waals surface area contributed by atoms with Gasteiger partial charge in [-0.25, -0.2) is 0 Å². The average Bonchev–Trinajstić information content (AvgIpc) is 2.80. The highest BCUT2D eigenvalue weighted by Gasteiger charge is 2.48. The lowest BCUT2D eigenvalue weighted by atomic mass is 9.77. The summed E-state index contributed by atoms with van der Waals surface area (Å²) >= 11 is 0. The SMILES string of the molecule is CC(=O)O[C@H]1[C@H](C)[C@@H](O[C@@H]2O[C@H](C)C[C@H](N(C)C)[C@H]2O)[C@](C)(O)C[C@@H](C)CN(C)C(=O)CCNC(=O)[C@@H]1C. The van der Waals surface area contributed by atoms with Crippen LogP contribution in [0.2, 0.25) is 0 Å². The van der Waals surface area contributed by atoms with Gasteiger partial charge in [-0.1, -0.05) is 20.8 Å². The highest BCUT2D eigenvalue weighted by atomic mass is 16.7. The zero-order valence-electron chi connectivity index (χ0n) is 24.5. The Morgan fingerprint density at radius 2 is 1.84 bits per heavy atom. The summed E-state index contributed by atoms with van der Waals surface area (Å²) < 4.78 is 18.1. The third-order valence-electron chi connectivity index (χ3n) is 7.79. The van der Waals surface area contributed by atoms with Crippen molar-refractivity contribution in [1.29, 1.82) is 0 Å². The standard InChI is InChI=1S/C27H49N3O8/c1-15-13-27(6,35)24(38-26-22(33)20(29(7)8)12-16(2)36-26)17(3)23(37-19(5)31)18(4)25(34)28-11-10-21(32)30(9)14-15/h15-18,20,22-24,26,33,35H,10-14H2,1-9H3,(H,28,34)/t15-,16-,17+,18-,20+,22-,23+,24-,26+,27-/m1/s1. The fourth-order valence-corrected chi connectivity index (χ4v) is 5.91. The molecule has 3 N–H and O–H groups in total. The molecule has 2 saturated heterocycles. The second-order valence-electron chi connectivity index (χ2n) is 11.8. The maximum atomic E-state index is 13.0. The van der Waals surface area contributed by atoms with Crippen molar-refractivity contribution >= 4 is 17.8 Å². The molecule has 11 nitrogen and oxygen atoms in total. The van der Waals surface area contributed by atoms with Crippen molar-refractivity contribution in [3.05, 3.63) is 0 Å². The molecule has 0 radical (unpaired) electrons. The summed E-state index contributed by atoms with van der Waals surface area (Å²) in [4.78, 5) is 41.2.